The third-order valence-corrected chi connectivity index (χ3v) is 3.48. The lowest BCUT2D eigenvalue weighted by Gasteiger charge is -1.92. The second kappa shape index (κ2) is 5.20. The van der Waals surface area contributed by atoms with Gasteiger partial charge in [-0.25, -0.2) is 4.98 Å². The van der Waals surface area contributed by atoms with Gasteiger partial charge in [0.05, 0.1) is 4.92 Å². The highest BCUT2D eigenvalue weighted by Gasteiger charge is 2.02. The second-order valence-corrected chi connectivity index (χ2v) is 5.54. The Bertz CT molecular complexity index is 563. The number of nitro groups is 1. The molecule has 0 atom stereocenters. The summed E-state index contributed by atoms with van der Waals surface area (Å²) in [6.07, 6.45) is 5.57. The molecule has 0 aliphatic heterocycles. The minimum absolute atomic E-state index is 0.0997. The fourth-order valence-corrected chi connectivity index (χ4v) is 2.43. The Hall–Kier alpha value is -1.53. The fraction of sp³-hybridized carbons (Fsp3) is 0. The molecular formula is C11H7BrN2O2S. The van der Waals surface area contributed by atoms with E-state index in [9.17, 15) is 10.1 Å². The van der Waals surface area contributed by atoms with Crippen molar-refractivity contribution in [1.82, 2.24) is 4.98 Å². The first-order valence-corrected chi connectivity index (χ1v) is 6.30. The molecule has 4 nitrogen and oxygen atoms in total. The van der Waals surface area contributed by atoms with Gasteiger partial charge in [0, 0.05) is 23.2 Å². The molecule has 0 radical (unpaired) electrons. The van der Waals surface area contributed by atoms with E-state index in [1.165, 1.54) is 23.5 Å². The van der Waals surface area contributed by atoms with Crippen LogP contribution < -0.4 is 0 Å². The summed E-state index contributed by atoms with van der Waals surface area (Å²) in [4.78, 5) is 15.1. The Morgan fingerprint density at radius 3 is 2.53 bits per heavy atom. The van der Waals surface area contributed by atoms with Gasteiger partial charge in [-0.1, -0.05) is 6.08 Å². The van der Waals surface area contributed by atoms with Crippen molar-refractivity contribution in [2.24, 2.45) is 0 Å². The summed E-state index contributed by atoms with van der Waals surface area (Å²) in [6, 6.07) is 6.40. The Morgan fingerprint density at radius 2 is 2.00 bits per heavy atom. The van der Waals surface area contributed by atoms with Crippen LogP contribution in [-0.4, -0.2) is 9.91 Å². The van der Waals surface area contributed by atoms with E-state index in [-0.39, 0.29) is 5.69 Å². The van der Waals surface area contributed by atoms with Gasteiger partial charge in [0.2, 0.25) is 0 Å². The van der Waals surface area contributed by atoms with Crippen LogP contribution in [-0.2, 0) is 0 Å². The van der Waals surface area contributed by atoms with Gasteiger partial charge in [0.1, 0.15) is 0 Å². The van der Waals surface area contributed by atoms with Crippen LogP contribution in [0.1, 0.15) is 10.4 Å². The van der Waals surface area contributed by atoms with Crippen LogP contribution >= 0.6 is 27.3 Å². The van der Waals surface area contributed by atoms with Crippen LogP contribution in [0.4, 0.5) is 5.69 Å². The topological polar surface area (TPSA) is 56.0 Å². The van der Waals surface area contributed by atoms with Crippen LogP contribution in [0.15, 0.2) is 34.4 Å². The number of rotatable bonds is 3. The third-order valence-electron chi connectivity index (χ3n) is 2.04. The van der Waals surface area contributed by atoms with E-state index < -0.39 is 4.92 Å². The molecule has 0 unspecified atom stereocenters. The maximum Gasteiger partial charge on any atom is 0.269 e. The molecule has 0 saturated carbocycles. The van der Waals surface area contributed by atoms with Gasteiger partial charge in [-0.15, -0.1) is 11.3 Å². The van der Waals surface area contributed by atoms with E-state index in [4.69, 9.17) is 0 Å². The van der Waals surface area contributed by atoms with Crippen LogP contribution in [0.25, 0.3) is 12.2 Å². The Balaban J connectivity index is 2.13. The molecule has 2 aromatic rings. The number of hydrogen-bond donors (Lipinski definition) is 0. The molecule has 0 N–H and O–H groups in total. The molecule has 1 aromatic heterocycles. The maximum atomic E-state index is 10.5. The smallest absolute Gasteiger partial charge is 0.258 e. The third kappa shape index (κ3) is 3.21. The number of nitrogens with zero attached hydrogens (tertiary/aromatic N) is 2. The lowest BCUT2D eigenvalue weighted by atomic mass is 10.2. The first-order chi connectivity index (χ1) is 8.15. The van der Waals surface area contributed by atoms with Crippen LogP contribution in [0.3, 0.4) is 0 Å². The predicted octanol–water partition coefficient (Wildman–Crippen LogP) is 3.98. The van der Waals surface area contributed by atoms with Gasteiger partial charge in [-0.3, -0.25) is 10.1 Å². The van der Waals surface area contributed by atoms with Gasteiger partial charge in [0.25, 0.3) is 5.69 Å². The van der Waals surface area contributed by atoms with E-state index in [2.05, 4.69) is 20.9 Å². The molecule has 0 bridgehead atoms. The molecule has 17 heavy (non-hydrogen) atoms. The summed E-state index contributed by atoms with van der Waals surface area (Å²) in [7, 11) is 0. The standard InChI is InChI=1S/C11H7BrN2O2S/c12-11-13-7-10(17-11)6-3-8-1-4-9(5-2-8)14(15)16/h1-7H/b6-3+. The molecule has 86 valence electrons. The molecular weight excluding hydrogens is 304 g/mol. The van der Waals surface area contributed by atoms with E-state index in [0.29, 0.717) is 0 Å². The van der Waals surface area contributed by atoms with Gasteiger partial charge < -0.3 is 0 Å². The number of non-ortho nitro benzene ring substituents is 1. The molecule has 0 aliphatic carbocycles. The van der Waals surface area contributed by atoms with E-state index in [0.717, 1.165) is 14.4 Å². The number of hydrogen-bond acceptors (Lipinski definition) is 4. The minimum Gasteiger partial charge on any atom is -0.258 e. The fourth-order valence-electron chi connectivity index (χ4n) is 1.23. The first-order valence-electron chi connectivity index (χ1n) is 4.69. The van der Waals surface area contributed by atoms with Gasteiger partial charge in [-0.2, -0.15) is 0 Å². The van der Waals surface area contributed by atoms with Crippen molar-refractivity contribution in [2.75, 3.05) is 0 Å². The van der Waals surface area contributed by atoms with E-state index in [1.54, 1.807) is 18.3 Å². The molecule has 0 amide bonds. The SMILES string of the molecule is O=[N+]([O-])c1ccc(/C=C/c2cnc(Br)s2)cc1. The Morgan fingerprint density at radius 1 is 1.29 bits per heavy atom. The van der Waals surface area contributed by atoms with Crippen molar-refractivity contribution in [2.45, 2.75) is 0 Å². The van der Waals surface area contributed by atoms with Crippen molar-refractivity contribution in [3.05, 3.63) is 54.9 Å². The molecule has 0 saturated heterocycles. The highest BCUT2D eigenvalue weighted by atomic mass is 79.9. The number of thiazole rings is 1. The molecule has 1 aromatic carbocycles. The summed E-state index contributed by atoms with van der Waals surface area (Å²) in [6.45, 7) is 0. The lowest BCUT2D eigenvalue weighted by molar-refractivity contribution is -0.384. The summed E-state index contributed by atoms with van der Waals surface area (Å²) in [5.41, 5.74) is 1.02. The number of benzene rings is 1. The lowest BCUT2D eigenvalue weighted by Crippen LogP contribution is -1.86. The molecule has 2 rings (SSSR count). The summed E-state index contributed by atoms with van der Waals surface area (Å²) >= 11 is 4.81. The molecule has 1 heterocycles. The highest BCUT2D eigenvalue weighted by Crippen LogP contribution is 2.21. The average Bonchev–Trinajstić information content (AvgIpc) is 2.73. The number of aromatic nitrogens is 1. The monoisotopic (exact) mass is 310 g/mol. The van der Waals surface area contributed by atoms with Gasteiger partial charge >= 0.3 is 0 Å². The van der Waals surface area contributed by atoms with E-state index in [1.807, 2.05) is 12.2 Å². The Kier molecular flexibility index (Phi) is 3.65. The largest absolute Gasteiger partial charge is 0.269 e. The first kappa shape index (κ1) is 11.9. The van der Waals surface area contributed by atoms with Gasteiger partial charge in [-0.05, 0) is 39.7 Å². The number of nitro benzene ring substituents is 1. The minimum atomic E-state index is -0.409. The second-order valence-electron chi connectivity index (χ2n) is 3.20. The zero-order valence-corrected chi connectivity index (χ0v) is 10.9. The Labute approximate surface area is 110 Å². The van der Waals surface area contributed by atoms with Crippen LogP contribution in [0.5, 0.6) is 0 Å². The van der Waals surface area contributed by atoms with Crippen LogP contribution in [0.2, 0.25) is 0 Å². The molecule has 6 heteroatoms. The van der Waals surface area contributed by atoms with Crippen LogP contribution in [0, 0.1) is 10.1 Å². The van der Waals surface area contributed by atoms with Crippen molar-refractivity contribution >= 4 is 45.1 Å². The van der Waals surface area contributed by atoms with Crippen molar-refractivity contribution in [3.63, 3.8) is 0 Å². The quantitative estimate of drug-likeness (QED) is 0.636. The maximum absolute atomic E-state index is 10.5. The molecule has 0 aliphatic rings. The van der Waals surface area contributed by atoms with Crippen molar-refractivity contribution in [1.29, 1.82) is 0 Å². The normalized spacial score (nSPS) is 10.9. The van der Waals surface area contributed by atoms with E-state index >= 15 is 0 Å². The average molecular weight is 311 g/mol. The summed E-state index contributed by atoms with van der Waals surface area (Å²) < 4.78 is 0.834. The molecule has 0 spiro atoms. The van der Waals surface area contributed by atoms with Gasteiger partial charge in [0.15, 0.2) is 3.92 Å². The molecule has 0 fully saturated rings. The zero-order valence-electron chi connectivity index (χ0n) is 8.54. The predicted molar refractivity (Wildman–Crippen MR) is 71.8 cm³/mol. The number of halogens is 1. The zero-order chi connectivity index (χ0) is 12.3. The highest BCUT2D eigenvalue weighted by molar-refractivity contribution is 9.11. The summed E-state index contributed by atoms with van der Waals surface area (Å²) in [5, 5.41) is 10.5. The van der Waals surface area contributed by atoms with Crippen molar-refractivity contribution < 1.29 is 4.92 Å². The van der Waals surface area contributed by atoms with Crippen molar-refractivity contribution in [3.8, 4) is 0 Å². The summed E-state index contributed by atoms with van der Waals surface area (Å²) in [5.74, 6) is 0.